The maximum Gasteiger partial charge on any atom is 0.279 e. The van der Waals surface area contributed by atoms with Crippen LogP contribution in [0.4, 0.5) is 13.2 Å². The summed E-state index contributed by atoms with van der Waals surface area (Å²) in [6.45, 7) is 0. The Bertz CT molecular complexity index is 1010. The number of hydrogen-bond donors (Lipinski definition) is 2. The zero-order chi connectivity index (χ0) is 17.6. The normalized spacial score (nSPS) is 15.3. The summed E-state index contributed by atoms with van der Waals surface area (Å²) in [6.07, 6.45) is 4.07. The Balaban J connectivity index is 1.76. The predicted molar refractivity (Wildman–Crippen MR) is 84.8 cm³/mol. The maximum absolute atomic E-state index is 13.9. The fourth-order valence-electron chi connectivity index (χ4n) is 3.44. The van der Waals surface area contributed by atoms with Gasteiger partial charge in [0.15, 0.2) is 17.2 Å². The number of benzene rings is 1. The highest BCUT2D eigenvalue weighted by Gasteiger charge is 2.23. The SMILES string of the molecule is O=c1[nH]c(Cc2cc(F)c(F)cc2F)nc2c(C3CCCC3)[nH]nc12. The molecule has 1 fully saturated rings. The highest BCUT2D eigenvalue weighted by molar-refractivity contribution is 5.76. The summed E-state index contributed by atoms with van der Waals surface area (Å²) in [5.74, 6) is -2.83. The topological polar surface area (TPSA) is 74.4 Å². The van der Waals surface area contributed by atoms with Crippen molar-refractivity contribution in [3.05, 3.63) is 57.0 Å². The Hall–Kier alpha value is -2.64. The summed E-state index contributed by atoms with van der Waals surface area (Å²) in [7, 11) is 0. The number of hydrogen-bond acceptors (Lipinski definition) is 3. The van der Waals surface area contributed by atoms with Crippen LogP contribution in [0.2, 0.25) is 0 Å². The zero-order valence-corrected chi connectivity index (χ0v) is 13.2. The Kier molecular flexibility index (Phi) is 3.82. The molecule has 25 heavy (non-hydrogen) atoms. The lowest BCUT2D eigenvalue weighted by Gasteiger charge is -2.07. The van der Waals surface area contributed by atoms with Crippen LogP contribution in [0.1, 0.15) is 48.7 Å². The number of nitrogens with zero attached hydrogens (tertiary/aromatic N) is 2. The van der Waals surface area contributed by atoms with Gasteiger partial charge in [0.1, 0.15) is 17.2 Å². The van der Waals surface area contributed by atoms with E-state index in [0.717, 1.165) is 37.4 Å². The minimum Gasteiger partial charge on any atom is -0.308 e. The third-order valence-corrected chi connectivity index (χ3v) is 4.70. The van der Waals surface area contributed by atoms with Crippen molar-refractivity contribution in [3.8, 4) is 0 Å². The Morgan fingerprint density at radius 2 is 1.76 bits per heavy atom. The van der Waals surface area contributed by atoms with Gasteiger partial charge in [0.25, 0.3) is 5.56 Å². The molecular weight excluding hydrogens is 333 g/mol. The molecule has 130 valence electrons. The van der Waals surface area contributed by atoms with Gasteiger partial charge in [-0.05, 0) is 24.5 Å². The van der Waals surface area contributed by atoms with Gasteiger partial charge in [-0.1, -0.05) is 12.8 Å². The van der Waals surface area contributed by atoms with Crippen LogP contribution in [0.5, 0.6) is 0 Å². The number of rotatable bonds is 3. The van der Waals surface area contributed by atoms with Crippen LogP contribution in [0.3, 0.4) is 0 Å². The van der Waals surface area contributed by atoms with Crippen molar-refractivity contribution in [2.75, 3.05) is 0 Å². The van der Waals surface area contributed by atoms with Gasteiger partial charge in [0, 0.05) is 18.4 Å². The average molecular weight is 348 g/mol. The lowest BCUT2D eigenvalue weighted by atomic mass is 10.0. The quantitative estimate of drug-likeness (QED) is 0.713. The fraction of sp³-hybridized carbons (Fsp3) is 0.353. The lowest BCUT2D eigenvalue weighted by molar-refractivity contribution is 0.490. The largest absolute Gasteiger partial charge is 0.308 e. The van der Waals surface area contributed by atoms with Crippen molar-refractivity contribution in [1.29, 1.82) is 0 Å². The molecule has 0 aliphatic heterocycles. The third-order valence-electron chi connectivity index (χ3n) is 4.70. The standard InChI is InChI=1S/C17H15F3N4O/c18-10-7-12(20)11(19)5-9(10)6-13-21-15-14(8-3-1-2-4-8)23-24-16(15)17(25)22-13/h5,7-8H,1-4,6H2,(H,23,24)(H,21,22,25). The first-order chi connectivity index (χ1) is 12.0. The van der Waals surface area contributed by atoms with Crippen LogP contribution in [-0.4, -0.2) is 20.2 Å². The van der Waals surface area contributed by atoms with Gasteiger partial charge in [0.2, 0.25) is 0 Å². The highest BCUT2D eigenvalue weighted by atomic mass is 19.2. The molecule has 0 bridgehead atoms. The molecule has 0 unspecified atom stereocenters. The third kappa shape index (κ3) is 2.81. The van der Waals surface area contributed by atoms with Crippen LogP contribution in [-0.2, 0) is 6.42 Å². The molecule has 1 saturated carbocycles. The molecule has 4 rings (SSSR count). The summed E-state index contributed by atoms with van der Waals surface area (Å²) < 4.78 is 40.3. The van der Waals surface area contributed by atoms with Gasteiger partial charge >= 0.3 is 0 Å². The Morgan fingerprint density at radius 1 is 1.04 bits per heavy atom. The van der Waals surface area contributed by atoms with Gasteiger partial charge in [-0.15, -0.1) is 0 Å². The molecule has 0 saturated heterocycles. The molecule has 2 aromatic heterocycles. The first-order valence-electron chi connectivity index (χ1n) is 8.13. The molecule has 5 nitrogen and oxygen atoms in total. The minimum absolute atomic E-state index is 0.0766. The second-order valence-electron chi connectivity index (χ2n) is 6.36. The van der Waals surface area contributed by atoms with E-state index in [2.05, 4.69) is 20.2 Å². The van der Waals surface area contributed by atoms with Gasteiger partial charge in [-0.3, -0.25) is 9.89 Å². The molecule has 1 aliphatic rings. The summed E-state index contributed by atoms with van der Waals surface area (Å²) in [5, 5.41) is 6.94. The molecule has 0 spiro atoms. The molecule has 1 aromatic carbocycles. The fourth-order valence-corrected chi connectivity index (χ4v) is 3.44. The molecule has 0 atom stereocenters. The minimum atomic E-state index is -1.25. The number of aromatic amines is 2. The van der Waals surface area contributed by atoms with E-state index in [1.165, 1.54) is 0 Å². The number of fused-ring (bicyclic) bond motifs is 1. The van der Waals surface area contributed by atoms with Crippen LogP contribution in [0.15, 0.2) is 16.9 Å². The van der Waals surface area contributed by atoms with Crippen molar-refractivity contribution < 1.29 is 13.2 Å². The van der Waals surface area contributed by atoms with Crippen LogP contribution < -0.4 is 5.56 Å². The number of nitrogens with one attached hydrogen (secondary N) is 2. The van der Waals surface area contributed by atoms with E-state index in [9.17, 15) is 18.0 Å². The second kappa shape index (κ2) is 6.02. The van der Waals surface area contributed by atoms with E-state index in [1.54, 1.807) is 0 Å². The van der Waals surface area contributed by atoms with Gasteiger partial charge in [-0.25, -0.2) is 18.2 Å². The first-order valence-corrected chi connectivity index (χ1v) is 8.13. The number of aromatic nitrogens is 4. The molecule has 3 aromatic rings. The van der Waals surface area contributed by atoms with Crippen molar-refractivity contribution in [2.45, 2.75) is 38.0 Å². The average Bonchev–Trinajstić information content (AvgIpc) is 3.21. The second-order valence-corrected chi connectivity index (χ2v) is 6.36. The van der Waals surface area contributed by atoms with E-state index >= 15 is 0 Å². The molecule has 2 heterocycles. The lowest BCUT2D eigenvalue weighted by Crippen LogP contribution is -2.13. The summed E-state index contributed by atoms with van der Waals surface area (Å²) in [4.78, 5) is 19.1. The molecule has 0 amide bonds. The predicted octanol–water partition coefficient (Wildman–Crippen LogP) is 3.31. The van der Waals surface area contributed by atoms with Gasteiger partial charge < -0.3 is 4.98 Å². The van der Waals surface area contributed by atoms with Crippen LogP contribution >= 0.6 is 0 Å². The molecule has 0 radical (unpaired) electrons. The van der Waals surface area contributed by atoms with E-state index in [1.807, 2.05) is 0 Å². The van der Waals surface area contributed by atoms with Gasteiger partial charge in [0.05, 0.1) is 5.69 Å². The zero-order valence-electron chi connectivity index (χ0n) is 13.2. The Labute approximate surface area is 140 Å². The van der Waals surface area contributed by atoms with E-state index in [-0.39, 0.29) is 29.2 Å². The molecule has 8 heteroatoms. The summed E-state index contributed by atoms with van der Waals surface area (Å²) in [5.41, 5.74) is 0.964. The highest BCUT2D eigenvalue weighted by Crippen LogP contribution is 2.35. The smallest absolute Gasteiger partial charge is 0.279 e. The molecule has 2 N–H and O–H groups in total. The monoisotopic (exact) mass is 348 g/mol. The first kappa shape index (κ1) is 15.9. The molecular formula is C17H15F3N4O. The van der Waals surface area contributed by atoms with Crippen LogP contribution in [0.25, 0.3) is 11.0 Å². The number of halogens is 3. The molecule has 1 aliphatic carbocycles. The summed E-state index contributed by atoms with van der Waals surface area (Å²) >= 11 is 0. The van der Waals surface area contributed by atoms with E-state index < -0.39 is 23.0 Å². The summed E-state index contributed by atoms with van der Waals surface area (Å²) in [6, 6.07) is 1.27. The van der Waals surface area contributed by atoms with E-state index in [0.29, 0.717) is 11.6 Å². The van der Waals surface area contributed by atoms with Crippen molar-refractivity contribution >= 4 is 11.0 Å². The van der Waals surface area contributed by atoms with E-state index in [4.69, 9.17) is 0 Å². The number of H-pyrrole nitrogens is 2. The van der Waals surface area contributed by atoms with Crippen molar-refractivity contribution in [2.24, 2.45) is 0 Å². The van der Waals surface area contributed by atoms with Crippen LogP contribution in [0, 0.1) is 17.5 Å². The van der Waals surface area contributed by atoms with Crippen molar-refractivity contribution in [3.63, 3.8) is 0 Å². The maximum atomic E-state index is 13.9. The van der Waals surface area contributed by atoms with Crippen molar-refractivity contribution in [1.82, 2.24) is 20.2 Å². The Morgan fingerprint density at radius 3 is 2.52 bits per heavy atom. The van der Waals surface area contributed by atoms with Gasteiger partial charge in [-0.2, -0.15) is 5.10 Å².